The van der Waals surface area contributed by atoms with Crippen LogP contribution in [0.2, 0.25) is 0 Å². The molecule has 0 spiro atoms. The number of hydrogen-bond donors (Lipinski definition) is 0. The first kappa shape index (κ1) is 13.8. The molecule has 0 unspecified atom stereocenters. The van der Waals surface area contributed by atoms with Gasteiger partial charge in [-0.2, -0.15) is 0 Å². The molecule has 0 bridgehead atoms. The SMILES string of the molecule is [CH2]CCCCCOC(=CC)c1cccc(C)c1. The van der Waals surface area contributed by atoms with Crippen molar-refractivity contribution in [3.05, 3.63) is 48.4 Å². The zero-order valence-electron chi connectivity index (χ0n) is 11.0. The number of hydrogen-bond acceptors (Lipinski definition) is 1. The van der Waals surface area contributed by atoms with Crippen molar-refractivity contribution in [3.8, 4) is 0 Å². The molecule has 1 radical (unpaired) electrons. The Hall–Kier alpha value is -1.24. The van der Waals surface area contributed by atoms with Crippen molar-refractivity contribution in [2.24, 2.45) is 0 Å². The van der Waals surface area contributed by atoms with Crippen molar-refractivity contribution in [1.29, 1.82) is 0 Å². The van der Waals surface area contributed by atoms with Gasteiger partial charge in [0.2, 0.25) is 0 Å². The summed E-state index contributed by atoms with van der Waals surface area (Å²) in [7, 11) is 0. The van der Waals surface area contributed by atoms with Gasteiger partial charge in [-0.15, -0.1) is 0 Å². The minimum absolute atomic E-state index is 0.799. The lowest BCUT2D eigenvalue weighted by molar-refractivity contribution is 0.266. The van der Waals surface area contributed by atoms with Crippen LogP contribution < -0.4 is 0 Å². The minimum atomic E-state index is 0.799. The lowest BCUT2D eigenvalue weighted by Gasteiger charge is -2.10. The van der Waals surface area contributed by atoms with E-state index in [4.69, 9.17) is 4.74 Å². The second kappa shape index (κ2) is 7.94. The van der Waals surface area contributed by atoms with Crippen LogP contribution in [0.25, 0.3) is 5.76 Å². The Balaban J connectivity index is 2.44. The third kappa shape index (κ3) is 5.08. The summed E-state index contributed by atoms with van der Waals surface area (Å²) in [5.74, 6) is 0.989. The smallest absolute Gasteiger partial charge is 0.122 e. The summed E-state index contributed by atoms with van der Waals surface area (Å²) in [6.45, 7) is 8.76. The molecule has 0 saturated carbocycles. The fourth-order valence-electron chi connectivity index (χ4n) is 1.77. The molecular formula is C16H23O. The maximum Gasteiger partial charge on any atom is 0.122 e. The number of aryl methyl sites for hydroxylation is 1. The lowest BCUT2D eigenvalue weighted by Crippen LogP contribution is -1.95. The topological polar surface area (TPSA) is 9.23 Å². The van der Waals surface area contributed by atoms with E-state index in [1.54, 1.807) is 0 Å². The van der Waals surface area contributed by atoms with Crippen molar-refractivity contribution in [2.75, 3.05) is 6.61 Å². The Morgan fingerprint density at radius 1 is 1.29 bits per heavy atom. The Bertz CT molecular complexity index is 352. The van der Waals surface area contributed by atoms with Gasteiger partial charge >= 0.3 is 0 Å². The molecule has 0 aliphatic rings. The van der Waals surface area contributed by atoms with Crippen molar-refractivity contribution in [1.82, 2.24) is 0 Å². The molecule has 0 amide bonds. The maximum absolute atomic E-state index is 5.82. The zero-order chi connectivity index (χ0) is 12.5. The minimum Gasteiger partial charge on any atom is -0.493 e. The number of ether oxygens (including phenoxy) is 1. The highest BCUT2D eigenvalue weighted by molar-refractivity contribution is 5.60. The third-order valence-electron chi connectivity index (χ3n) is 2.72. The van der Waals surface area contributed by atoms with E-state index in [9.17, 15) is 0 Å². The van der Waals surface area contributed by atoms with E-state index in [2.05, 4.69) is 38.1 Å². The van der Waals surface area contributed by atoms with Gasteiger partial charge < -0.3 is 4.74 Å². The van der Waals surface area contributed by atoms with E-state index < -0.39 is 0 Å². The highest BCUT2D eigenvalue weighted by Gasteiger charge is 2.01. The van der Waals surface area contributed by atoms with E-state index >= 15 is 0 Å². The second-order valence-corrected chi connectivity index (χ2v) is 4.29. The molecule has 1 aromatic carbocycles. The summed E-state index contributed by atoms with van der Waals surface area (Å²) in [4.78, 5) is 0. The van der Waals surface area contributed by atoms with E-state index in [-0.39, 0.29) is 0 Å². The Labute approximate surface area is 106 Å². The number of allylic oxidation sites excluding steroid dienone is 1. The Morgan fingerprint density at radius 3 is 2.76 bits per heavy atom. The van der Waals surface area contributed by atoms with Gasteiger partial charge in [0.05, 0.1) is 6.61 Å². The summed E-state index contributed by atoms with van der Waals surface area (Å²) in [5.41, 5.74) is 2.44. The predicted octanol–water partition coefficient (Wildman–Crippen LogP) is 4.77. The van der Waals surface area contributed by atoms with E-state index in [1.165, 1.54) is 24.0 Å². The van der Waals surface area contributed by atoms with Gasteiger partial charge in [-0.1, -0.05) is 49.9 Å². The highest BCUT2D eigenvalue weighted by atomic mass is 16.5. The molecule has 0 heterocycles. The van der Waals surface area contributed by atoms with E-state index in [0.29, 0.717) is 0 Å². The van der Waals surface area contributed by atoms with Gasteiger partial charge in [0.15, 0.2) is 0 Å². The fourth-order valence-corrected chi connectivity index (χ4v) is 1.77. The van der Waals surface area contributed by atoms with Crippen LogP contribution >= 0.6 is 0 Å². The standard InChI is InChI=1S/C16H23O/c1-4-6-7-8-12-17-16(5-2)15-11-9-10-14(3)13-15/h5,9-11,13H,1,4,6-8,12H2,2-3H3. The molecule has 0 saturated heterocycles. The molecule has 0 aliphatic heterocycles. The zero-order valence-corrected chi connectivity index (χ0v) is 11.0. The van der Waals surface area contributed by atoms with Crippen LogP contribution in [0.5, 0.6) is 0 Å². The molecule has 0 aromatic heterocycles. The van der Waals surface area contributed by atoms with Crippen molar-refractivity contribution in [3.63, 3.8) is 0 Å². The average molecular weight is 231 g/mol. The van der Waals surface area contributed by atoms with Crippen LogP contribution in [0.3, 0.4) is 0 Å². The number of rotatable bonds is 7. The van der Waals surface area contributed by atoms with Gasteiger partial charge in [0.1, 0.15) is 5.76 Å². The third-order valence-corrected chi connectivity index (χ3v) is 2.72. The molecule has 0 aliphatic carbocycles. The second-order valence-electron chi connectivity index (χ2n) is 4.29. The average Bonchev–Trinajstić information content (AvgIpc) is 2.34. The molecular weight excluding hydrogens is 208 g/mol. The Kier molecular flexibility index (Phi) is 6.46. The van der Waals surface area contributed by atoms with Crippen molar-refractivity contribution >= 4 is 5.76 Å². The van der Waals surface area contributed by atoms with Gasteiger partial charge in [-0.05, 0) is 32.4 Å². The molecule has 1 nitrogen and oxygen atoms in total. The van der Waals surface area contributed by atoms with Crippen LogP contribution in [0.4, 0.5) is 0 Å². The van der Waals surface area contributed by atoms with Crippen LogP contribution in [0, 0.1) is 13.8 Å². The molecule has 0 atom stereocenters. The van der Waals surface area contributed by atoms with Crippen LogP contribution in [-0.2, 0) is 4.74 Å². The van der Waals surface area contributed by atoms with Gasteiger partial charge in [0.25, 0.3) is 0 Å². The van der Waals surface area contributed by atoms with Crippen molar-refractivity contribution < 1.29 is 4.74 Å². The molecule has 1 heteroatoms. The summed E-state index contributed by atoms with van der Waals surface area (Å²) in [5, 5.41) is 0. The number of unbranched alkanes of at least 4 members (excludes halogenated alkanes) is 3. The molecule has 1 rings (SSSR count). The monoisotopic (exact) mass is 231 g/mol. The van der Waals surface area contributed by atoms with E-state index in [0.717, 1.165) is 25.2 Å². The predicted molar refractivity (Wildman–Crippen MR) is 74.6 cm³/mol. The lowest BCUT2D eigenvalue weighted by atomic mass is 10.1. The van der Waals surface area contributed by atoms with Crippen LogP contribution in [0.15, 0.2) is 30.3 Å². The summed E-state index contributed by atoms with van der Waals surface area (Å²) < 4.78 is 5.82. The van der Waals surface area contributed by atoms with Gasteiger partial charge in [-0.25, -0.2) is 0 Å². The maximum atomic E-state index is 5.82. The summed E-state index contributed by atoms with van der Waals surface area (Å²) >= 11 is 0. The summed E-state index contributed by atoms with van der Waals surface area (Å²) in [6, 6.07) is 8.43. The van der Waals surface area contributed by atoms with Crippen molar-refractivity contribution in [2.45, 2.75) is 39.5 Å². The fraction of sp³-hybridized carbons (Fsp3) is 0.438. The molecule has 1 aromatic rings. The molecule has 93 valence electrons. The molecule has 17 heavy (non-hydrogen) atoms. The quantitative estimate of drug-likeness (QED) is 0.485. The van der Waals surface area contributed by atoms with Gasteiger partial charge in [-0.3, -0.25) is 0 Å². The van der Waals surface area contributed by atoms with Gasteiger partial charge in [0, 0.05) is 5.56 Å². The van der Waals surface area contributed by atoms with Crippen LogP contribution in [-0.4, -0.2) is 6.61 Å². The molecule has 0 fully saturated rings. The first-order valence-electron chi connectivity index (χ1n) is 6.43. The van der Waals surface area contributed by atoms with Crippen LogP contribution in [0.1, 0.15) is 43.7 Å². The largest absolute Gasteiger partial charge is 0.493 e. The molecule has 0 N–H and O–H groups in total. The Morgan fingerprint density at radius 2 is 2.12 bits per heavy atom. The highest BCUT2D eigenvalue weighted by Crippen LogP contribution is 2.17. The van der Waals surface area contributed by atoms with E-state index in [1.807, 2.05) is 13.0 Å². The normalized spacial score (nSPS) is 11.6. The number of benzene rings is 1. The summed E-state index contributed by atoms with van der Waals surface area (Å²) in [6.07, 6.45) is 6.57. The first-order valence-corrected chi connectivity index (χ1v) is 6.43. The first-order chi connectivity index (χ1) is 8.27.